The van der Waals surface area contributed by atoms with Gasteiger partial charge in [0.1, 0.15) is 5.82 Å². The number of ether oxygens (including phenoxy) is 1. The molecule has 0 aliphatic carbocycles. The van der Waals surface area contributed by atoms with E-state index in [-0.39, 0.29) is 23.3 Å². The molecule has 0 aliphatic heterocycles. The SMILES string of the molecule is COCC(N)CC(=O)c1ccc(F)c(Cl)c1. The number of carbonyl (C=O) groups excluding carboxylic acids is 1. The van der Waals surface area contributed by atoms with E-state index in [0.29, 0.717) is 12.2 Å². The summed E-state index contributed by atoms with van der Waals surface area (Å²) >= 11 is 5.57. The fraction of sp³-hybridized carbons (Fsp3) is 0.364. The molecular weight excluding hydrogens is 233 g/mol. The Bertz CT molecular complexity index is 384. The van der Waals surface area contributed by atoms with Gasteiger partial charge in [0.15, 0.2) is 5.78 Å². The number of benzene rings is 1. The normalized spacial score (nSPS) is 12.5. The third-order valence-corrected chi connectivity index (χ3v) is 2.36. The number of hydrogen-bond donors (Lipinski definition) is 1. The first kappa shape index (κ1) is 13.1. The van der Waals surface area contributed by atoms with Crippen molar-refractivity contribution >= 4 is 17.4 Å². The van der Waals surface area contributed by atoms with Crippen LogP contribution < -0.4 is 5.73 Å². The maximum absolute atomic E-state index is 12.9. The van der Waals surface area contributed by atoms with Crippen molar-refractivity contribution in [2.75, 3.05) is 13.7 Å². The molecule has 0 aromatic heterocycles. The van der Waals surface area contributed by atoms with Gasteiger partial charge in [-0.1, -0.05) is 11.6 Å². The highest BCUT2D eigenvalue weighted by molar-refractivity contribution is 6.31. The molecule has 0 saturated heterocycles. The summed E-state index contributed by atoms with van der Waals surface area (Å²) in [6.07, 6.45) is 0.149. The zero-order valence-electron chi connectivity index (χ0n) is 8.87. The average Bonchev–Trinajstić information content (AvgIpc) is 2.22. The van der Waals surface area contributed by atoms with Crippen LogP contribution in [0.1, 0.15) is 16.8 Å². The van der Waals surface area contributed by atoms with E-state index in [1.165, 1.54) is 19.2 Å². The second kappa shape index (κ2) is 5.94. The molecule has 0 heterocycles. The Balaban J connectivity index is 2.69. The fourth-order valence-corrected chi connectivity index (χ4v) is 1.48. The lowest BCUT2D eigenvalue weighted by atomic mass is 10.0. The zero-order chi connectivity index (χ0) is 12.1. The highest BCUT2D eigenvalue weighted by Gasteiger charge is 2.13. The van der Waals surface area contributed by atoms with E-state index in [1.54, 1.807) is 0 Å². The molecule has 0 aliphatic rings. The average molecular weight is 246 g/mol. The van der Waals surface area contributed by atoms with Gasteiger partial charge in [-0.2, -0.15) is 0 Å². The summed E-state index contributed by atoms with van der Waals surface area (Å²) in [4.78, 5) is 11.7. The maximum Gasteiger partial charge on any atom is 0.164 e. The van der Waals surface area contributed by atoms with Crippen molar-refractivity contribution in [2.45, 2.75) is 12.5 Å². The number of Topliss-reactive ketones (excluding diaryl/α,β-unsaturated/α-hetero) is 1. The lowest BCUT2D eigenvalue weighted by molar-refractivity contribution is 0.0949. The largest absolute Gasteiger partial charge is 0.383 e. The predicted molar refractivity (Wildman–Crippen MR) is 60.2 cm³/mol. The van der Waals surface area contributed by atoms with Crippen LogP contribution in [0, 0.1) is 5.82 Å². The molecule has 16 heavy (non-hydrogen) atoms. The van der Waals surface area contributed by atoms with Gasteiger partial charge in [0, 0.05) is 25.1 Å². The first-order valence-electron chi connectivity index (χ1n) is 4.77. The van der Waals surface area contributed by atoms with E-state index >= 15 is 0 Å². The lowest BCUT2D eigenvalue weighted by Gasteiger charge is -2.09. The first-order valence-corrected chi connectivity index (χ1v) is 5.15. The number of hydrogen-bond acceptors (Lipinski definition) is 3. The Hall–Kier alpha value is -0.970. The molecule has 0 bridgehead atoms. The van der Waals surface area contributed by atoms with Crippen molar-refractivity contribution in [3.05, 3.63) is 34.6 Å². The van der Waals surface area contributed by atoms with Crippen LogP contribution >= 0.6 is 11.6 Å². The minimum absolute atomic E-state index is 0.0637. The van der Waals surface area contributed by atoms with E-state index in [4.69, 9.17) is 22.1 Å². The van der Waals surface area contributed by atoms with Crippen molar-refractivity contribution in [1.82, 2.24) is 0 Å². The molecule has 1 atom stereocenters. The lowest BCUT2D eigenvalue weighted by Crippen LogP contribution is -2.28. The van der Waals surface area contributed by atoms with Crippen molar-refractivity contribution < 1.29 is 13.9 Å². The Labute approximate surface area is 98.3 Å². The summed E-state index contributed by atoms with van der Waals surface area (Å²) in [5.41, 5.74) is 6.00. The predicted octanol–water partition coefficient (Wildman–Crippen LogP) is 2.03. The molecule has 1 unspecified atom stereocenters. The second-order valence-electron chi connectivity index (χ2n) is 3.47. The molecule has 0 saturated carbocycles. The van der Waals surface area contributed by atoms with Crippen LogP contribution in [0.3, 0.4) is 0 Å². The Kier molecular flexibility index (Phi) is 4.86. The van der Waals surface area contributed by atoms with Gasteiger partial charge in [0.05, 0.1) is 11.6 Å². The van der Waals surface area contributed by atoms with Crippen molar-refractivity contribution in [3.63, 3.8) is 0 Å². The van der Waals surface area contributed by atoms with Gasteiger partial charge in [0.25, 0.3) is 0 Å². The van der Waals surface area contributed by atoms with E-state index in [1.807, 2.05) is 0 Å². The van der Waals surface area contributed by atoms with Gasteiger partial charge >= 0.3 is 0 Å². The van der Waals surface area contributed by atoms with Crippen molar-refractivity contribution in [3.8, 4) is 0 Å². The molecule has 0 fully saturated rings. The zero-order valence-corrected chi connectivity index (χ0v) is 9.63. The van der Waals surface area contributed by atoms with E-state index in [0.717, 1.165) is 6.07 Å². The monoisotopic (exact) mass is 245 g/mol. The topological polar surface area (TPSA) is 52.3 Å². The van der Waals surface area contributed by atoms with Crippen LogP contribution in [-0.4, -0.2) is 25.5 Å². The van der Waals surface area contributed by atoms with E-state index in [2.05, 4.69) is 0 Å². The molecule has 2 N–H and O–H groups in total. The summed E-state index contributed by atoms with van der Waals surface area (Å²) in [7, 11) is 1.51. The molecule has 1 aromatic rings. The Morgan fingerprint density at radius 3 is 2.88 bits per heavy atom. The fourth-order valence-electron chi connectivity index (χ4n) is 1.30. The third-order valence-electron chi connectivity index (χ3n) is 2.07. The molecule has 1 rings (SSSR count). The first-order chi connectivity index (χ1) is 7.54. The summed E-state index contributed by atoms with van der Waals surface area (Å²) in [6, 6.07) is 3.50. The molecule has 0 amide bonds. The molecule has 0 spiro atoms. The Morgan fingerprint density at radius 2 is 2.31 bits per heavy atom. The summed E-state index contributed by atoms with van der Waals surface area (Å²) in [6.45, 7) is 0.306. The minimum Gasteiger partial charge on any atom is -0.383 e. The van der Waals surface area contributed by atoms with Gasteiger partial charge in [-0.15, -0.1) is 0 Å². The summed E-state index contributed by atoms with van der Waals surface area (Å²) < 4.78 is 17.7. The van der Waals surface area contributed by atoms with Crippen molar-refractivity contribution in [1.29, 1.82) is 0 Å². The van der Waals surface area contributed by atoms with Gasteiger partial charge < -0.3 is 10.5 Å². The van der Waals surface area contributed by atoms with Crippen LogP contribution in [0.15, 0.2) is 18.2 Å². The number of ketones is 1. The molecule has 3 nitrogen and oxygen atoms in total. The number of carbonyl (C=O) groups is 1. The third kappa shape index (κ3) is 3.56. The van der Waals surface area contributed by atoms with Gasteiger partial charge in [-0.3, -0.25) is 4.79 Å². The molecule has 5 heteroatoms. The van der Waals surface area contributed by atoms with Crippen LogP contribution in [0.5, 0.6) is 0 Å². The number of methoxy groups -OCH3 is 1. The van der Waals surface area contributed by atoms with E-state index in [9.17, 15) is 9.18 Å². The van der Waals surface area contributed by atoms with E-state index < -0.39 is 5.82 Å². The van der Waals surface area contributed by atoms with Crippen LogP contribution in [0.4, 0.5) is 4.39 Å². The number of nitrogens with two attached hydrogens (primary N) is 1. The van der Waals surface area contributed by atoms with Gasteiger partial charge in [-0.25, -0.2) is 4.39 Å². The summed E-state index contributed by atoms with van der Waals surface area (Å²) in [5.74, 6) is -0.717. The van der Waals surface area contributed by atoms with Crippen LogP contribution in [0.25, 0.3) is 0 Å². The highest BCUT2D eigenvalue weighted by atomic mass is 35.5. The second-order valence-corrected chi connectivity index (χ2v) is 3.88. The van der Waals surface area contributed by atoms with Gasteiger partial charge in [-0.05, 0) is 18.2 Å². The minimum atomic E-state index is -0.542. The highest BCUT2D eigenvalue weighted by Crippen LogP contribution is 2.17. The van der Waals surface area contributed by atoms with Gasteiger partial charge in [0.2, 0.25) is 0 Å². The summed E-state index contributed by atoms with van der Waals surface area (Å²) in [5, 5.41) is -0.0637. The molecular formula is C11H13ClFNO2. The molecule has 88 valence electrons. The standard InChI is InChI=1S/C11H13ClFNO2/c1-16-6-8(14)5-11(15)7-2-3-10(13)9(12)4-7/h2-4,8H,5-6,14H2,1H3. The number of rotatable bonds is 5. The molecule has 1 aromatic carbocycles. The Morgan fingerprint density at radius 1 is 1.62 bits per heavy atom. The van der Waals surface area contributed by atoms with Crippen LogP contribution in [-0.2, 0) is 4.74 Å². The maximum atomic E-state index is 12.9. The molecule has 0 radical (unpaired) electrons. The smallest absolute Gasteiger partial charge is 0.164 e. The quantitative estimate of drug-likeness (QED) is 0.808. The van der Waals surface area contributed by atoms with Crippen LogP contribution in [0.2, 0.25) is 5.02 Å². The number of halogens is 2. The van der Waals surface area contributed by atoms with Crippen molar-refractivity contribution in [2.24, 2.45) is 5.73 Å².